The number of aryl methyl sites for hydroxylation is 2. The molecule has 0 aliphatic rings. The van der Waals surface area contributed by atoms with Crippen LogP contribution in [0, 0.1) is 13.8 Å². The first kappa shape index (κ1) is 21.1. The first-order chi connectivity index (χ1) is 13.8. The summed E-state index contributed by atoms with van der Waals surface area (Å²) in [5.74, 6) is 0. The lowest BCUT2D eigenvalue weighted by atomic mass is 9.87. The molecule has 0 amide bonds. The molecule has 0 unspecified atom stereocenters. The maximum Gasteiger partial charge on any atom is 0.0630 e. The van der Waals surface area contributed by atoms with Gasteiger partial charge in [0.25, 0.3) is 0 Å². The maximum absolute atomic E-state index is 4.71. The van der Waals surface area contributed by atoms with E-state index in [-0.39, 0.29) is 5.41 Å². The highest BCUT2D eigenvalue weighted by molar-refractivity contribution is 5.84. The first-order valence-corrected chi connectivity index (χ1v) is 10.7. The lowest BCUT2D eigenvalue weighted by Gasteiger charge is -2.20. The summed E-state index contributed by atoms with van der Waals surface area (Å²) in [6, 6.07) is 19.8. The Morgan fingerprint density at radius 2 is 1.59 bits per heavy atom. The Bertz CT molecular complexity index is 965. The number of benzene rings is 2. The minimum Gasteiger partial charge on any atom is -0.318 e. The van der Waals surface area contributed by atoms with Gasteiger partial charge in [0.15, 0.2) is 0 Å². The van der Waals surface area contributed by atoms with Gasteiger partial charge in [-0.1, -0.05) is 58.4 Å². The van der Waals surface area contributed by atoms with Crippen LogP contribution < -0.4 is 0 Å². The van der Waals surface area contributed by atoms with Crippen LogP contribution in [0.2, 0.25) is 0 Å². The number of nitrogens with zero attached hydrogens (tertiary/aromatic N) is 2. The molecule has 0 fully saturated rings. The molecule has 0 atom stereocenters. The molecule has 3 rings (SSSR count). The number of unbranched alkanes of at least 4 members (excludes halogenated alkanes) is 1. The topological polar surface area (TPSA) is 17.3 Å². The third-order valence-corrected chi connectivity index (χ3v) is 5.57. The molecule has 0 bridgehead atoms. The molecule has 0 aliphatic carbocycles. The van der Waals surface area contributed by atoms with Crippen LogP contribution in [0.5, 0.6) is 0 Å². The molecule has 0 N–H and O–H groups in total. The van der Waals surface area contributed by atoms with Crippen molar-refractivity contribution in [3.05, 3.63) is 82.7 Å². The number of aromatic nitrogens is 1. The van der Waals surface area contributed by atoms with E-state index in [1.54, 1.807) is 0 Å². The van der Waals surface area contributed by atoms with Crippen LogP contribution in [0.15, 0.2) is 59.6 Å². The molecule has 0 aliphatic heterocycles. The molecule has 29 heavy (non-hydrogen) atoms. The van der Waals surface area contributed by atoms with Crippen molar-refractivity contribution in [2.24, 2.45) is 4.99 Å². The van der Waals surface area contributed by atoms with Crippen LogP contribution in [0.3, 0.4) is 0 Å². The van der Waals surface area contributed by atoms with Crippen molar-refractivity contribution in [1.82, 2.24) is 4.57 Å². The monoisotopic (exact) mass is 386 g/mol. The zero-order valence-electron chi connectivity index (χ0n) is 18.8. The summed E-state index contributed by atoms with van der Waals surface area (Å²) < 4.78 is 2.31. The Balaban J connectivity index is 1.81. The van der Waals surface area contributed by atoms with E-state index in [9.17, 15) is 0 Å². The largest absolute Gasteiger partial charge is 0.318 e. The van der Waals surface area contributed by atoms with Crippen molar-refractivity contribution < 1.29 is 0 Å². The van der Waals surface area contributed by atoms with E-state index in [4.69, 9.17) is 4.99 Å². The lowest BCUT2D eigenvalue weighted by Crippen LogP contribution is -2.11. The molecule has 2 nitrogen and oxygen atoms in total. The number of aliphatic imine (C=N–C) groups is 1. The molecule has 3 aromatic rings. The van der Waals surface area contributed by atoms with Crippen molar-refractivity contribution in [3.8, 4) is 5.69 Å². The standard InChI is InChI=1S/C27H34N2/c1-7-8-9-22-10-14-25(15-11-22)28-19-23-18-20(2)29(21(23)3)26-16-12-24(13-17-26)27(4,5)6/h10-19H,7-9H2,1-6H3. The van der Waals surface area contributed by atoms with Gasteiger partial charge in [0.2, 0.25) is 0 Å². The SMILES string of the molecule is CCCCc1ccc(N=Cc2cc(C)n(-c3ccc(C(C)(C)C)cc3)c2C)cc1. The highest BCUT2D eigenvalue weighted by atomic mass is 15.0. The van der Waals surface area contributed by atoms with Crippen LogP contribution in [-0.4, -0.2) is 10.8 Å². The number of hydrogen-bond acceptors (Lipinski definition) is 1. The van der Waals surface area contributed by atoms with Crippen LogP contribution in [0.4, 0.5) is 5.69 Å². The van der Waals surface area contributed by atoms with Gasteiger partial charge >= 0.3 is 0 Å². The Hall–Kier alpha value is -2.61. The second-order valence-corrected chi connectivity index (χ2v) is 8.99. The lowest BCUT2D eigenvalue weighted by molar-refractivity contribution is 0.590. The quantitative estimate of drug-likeness (QED) is 0.391. The van der Waals surface area contributed by atoms with Gasteiger partial charge in [-0.15, -0.1) is 0 Å². The molecular formula is C27H34N2. The fourth-order valence-corrected chi connectivity index (χ4v) is 3.70. The van der Waals surface area contributed by atoms with Crippen LogP contribution in [0.25, 0.3) is 5.69 Å². The summed E-state index contributed by atoms with van der Waals surface area (Å²) in [5.41, 5.74) is 8.73. The predicted octanol–water partition coefficient (Wildman–Crippen LogP) is 7.48. The van der Waals surface area contributed by atoms with E-state index >= 15 is 0 Å². The Morgan fingerprint density at radius 1 is 0.931 bits per heavy atom. The molecular weight excluding hydrogens is 352 g/mol. The van der Waals surface area contributed by atoms with E-state index in [2.05, 4.69) is 101 Å². The minimum absolute atomic E-state index is 0.170. The van der Waals surface area contributed by atoms with Gasteiger partial charge in [0.1, 0.15) is 0 Å². The second kappa shape index (κ2) is 8.82. The molecule has 2 aromatic carbocycles. The van der Waals surface area contributed by atoms with Crippen molar-refractivity contribution >= 4 is 11.9 Å². The zero-order valence-corrected chi connectivity index (χ0v) is 18.8. The third kappa shape index (κ3) is 5.06. The zero-order chi connectivity index (χ0) is 21.0. The summed E-state index contributed by atoms with van der Waals surface area (Å²) in [6.07, 6.45) is 5.61. The summed E-state index contributed by atoms with van der Waals surface area (Å²) >= 11 is 0. The van der Waals surface area contributed by atoms with E-state index < -0.39 is 0 Å². The van der Waals surface area contributed by atoms with E-state index in [1.807, 2.05) is 6.21 Å². The van der Waals surface area contributed by atoms with Gasteiger partial charge in [0.05, 0.1) is 5.69 Å². The predicted molar refractivity (Wildman–Crippen MR) is 126 cm³/mol. The highest BCUT2D eigenvalue weighted by Gasteiger charge is 2.14. The number of hydrogen-bond donors (Lipinski definition) is 0. The normalized spacial score (nSPS) is 12.1. The van der Waals surface area contributed by atoms with Gasteiger partial charge < -0.3 is 4.57 Å². The second-order valence-electron chi connectivity index (χ2n) is 8.99. The molecule has 152 valence electrons. The van der Waals surface area contributed by atoms with Crippen LogP contribution in [-0.2, 0) is 11.8 Å². The molecule has 1 aromatic heterocycles. The third-order valence-electron chi connectivity index (χ3n) is 5.57. The van der Waals surface area contributed by atoms with Gasteiger partial charge in [0, 0.05) is 28.9 Å². The van der Waals surface area contributed by atoms with Gasteiger partial charge in [-0.05, 0) is 73.6 Å². The number of rotatable bonds is 6. The average Bonchev–Trinajstić information content (AvgIpc) is 2.98. The molecule has 0 spiro atoms. The highest BCUT2D eigenvalue weighted by Crippen LogP contribution is 2.26. The van der Waals surface area contributed by atoms with Gasteiger partial charge in [-0.2, -0.15) is 0 Å². The Kier molecular flexibility index (Phi) is 6.42. The van der Waals surface area contributed by atoms with Crippen molar-refractivity contribution in [2.45, 2.75) is 66.2 Å². The smallest absolute Gasteiger partial charge is 0.0630 e. The molecule has 0 saturated heterocycles. The van der Waals surface area contributed by atoms with E-state index in [0.717, 1.165) is 17.7 Å². The minimum atomic E-state index is 0.170. The van der Waals surface area contributed by atoms with Gasteiger partial charge in [-0.25, -0.2) is 0 Å². The van der Waals surface area contributed by atoms with E-state index in [1.165, 1.54) is 41.0 Å². The molecule has 1 heterocycles. The van der Waals surface area contributed by atoms with E-state index in [0.29, 0.717) is 0 Å². The molecule has 0 radical (unpaired) electrons. The molecule has 0 saturated carbocycles. The van der Waals surface area contributed by atoms with Crippen molar-refractivity contribution in [3.63, 3.8) is 0 Å². The fraction of sp³-hybridized carbons (Fsp3) is 0.370. The molecule has 2 heteroatoms. The summed E-state index contributed by atoms with van der Waals surface area (Å²) in [6.45, 7) is 13.3. The Labute approximate surface area is 176 Å². The summed E-state index contributed by atoms with van der Waals surface area (Å²) in [7, 11) is 0. The van der Waals surface area contributed by atoms with Crippen LogP contribution in [0.1, 0.15) is 68.6 Å². The summed E-state index contributed by atoms with van der Waals surface area (Å²) in [5, 5.41) is 0. The van der Waals surface area contributed by atoms with Gasteiger partial charge in [-0.3, -0.25) is 4.99 Å². The van der Waals surface area contributed by atoms with Crippen molar-refractivity contribution in [1.29, 1.82) is 0 Å². The van der Waals surface area contributed by atoms with Crippen LogP contribution >= 0.6 is 0 Å². The summed E-state index contributed by atoms with van der Waals surface area (Å²) in [4.78, 5) is 4.71. The first-order valence-electron chi connectivity index (χ1n) is 10.7. The fourth-order valence-electron chi connectivity index (χ4n) is 3.70. The average molecular weight is 387 g/mol. The Morgan fingerprint density at radius 3 is 2.17 bits per heavy atom. The maximum atomic E-state index is 4.71. The van der Waals surface area contributed by atoms with Crippen molar-refractivity contribution in [2.75, 3.05) is 0 Å².